The number of rotatable bonds is 4. The van der Waals surface area contributed by atoms with Gasteiger partial charge in [0.15, 0.2) is 6.61 Å². The highest BCUT2D eigenvalue weighted by molar-refractivity contribution is 6.01. The molecule has 8 nitrogen and oxygen atoms in total. The molecule has 2 aromatic carbocycles. The first kappa shape index (κ1) is 22.3. The smallest absolute Gasteiger partial charge is 0.262 e. The van der Waals surface area contributed by atoms with Crippen molar-refractivity contribution in [3.05, 3.63) is 70.4 Å². The van der Waals surface area contributed by atoms with E-state index in [0.29, 0.717) is 40.3 Å². The lowest BCUT2D eigenvalue weighted by atomic mass is 9.61. The standard InChI is InChI=1S/C29H27N3O5/c1-2-16-12-32(13-23(35)17-6-7-24-21(10-17)30-26(36)15-37-24)9-8-29-20-4-3-5-22(34)27(20)31-28(29)19(14-33)18(16)11-25(29)32/h2-7,10,14,18,25H,8-9,11-13,15H2,1H3,(H2-,30,31,33,34,36)/p+1/b16-2-/t18-,25+,29+,32?/m0/s1. The molecular formula is C29H28N3O5+. The van der Waals surface area contributed by atoms with Crippen molar-refractivity contribution in [2.75, 3.05) is 36.9 Å². The monoisotopic (exact) mass is 498 g/mol. The number of para-hydroxylation sites is 1. The number of benzene rings is 2. The molecule has 4 heterocycles. The first-order valence-electron chi connectivity index (χ1n) is 12.8. The van der Waals surface area contributed by atoms with Gasteiger partial charge >= 0.3 is 0 Å². The van der Waals surface area contributed by atoms with E-state index in [1.54, 1.807) is 24.3 Å². The second-order valence-corrected chi connectivity index (χ2v) is 10.9. The number of Topliss-reactive ketones (excluding diaryl/α,β-unsaturated/α-hetero) is 1. The Morgan fingerprint density at radius 2 is 2.14 bits per heavy atom. The van der Waals surface area contributed by atoms with Crippen molar-refractivity contribution in [2.45, 2.75) is 31.2 Å². The Morgan fingerprint density at radius 3 is 2.95 bits per heavy atom. The Morgan fingerprint density at radius 1 is 1.27 bits per heavy atom. The Bertz CT molecular complexity index is 1480. The van der Waals surface area contributed by atoms with Crippen LogP contribution >= 0.6 is 0 Å². The van der Waals surface area contributed by atoms with Gasteiger partial charge in [-0.3, -0.25) is 14.4 Å². The zero-order valence-electron chi connectivity index (χ0n) is 20.5. The highest BCUT2D eigenvalue weighted by Crippen LogP contribution is 2.64. The minimum atomic E-state index is -0.433. The van der Waals surface area contributed by atoms with Crippen LogP contribution in [0.3, 0.4) is 0 Å². The molecule has 3 N–H and O–H groups in total. The number of nitrogens with zero attached hydrogens (tertiary/aromatic N) is 1. The number of ketones is 1. The molecule has 5 aliphatic rings. The number of phenolic OH excluding ortho intramolecular Hbond substituents is 1. The van der Waals surface area contributed by atoms with Gasteiger partial charge in [-0.05, 0) is 42.3 Å². The molecule has 2 aromatic rings. The van der Waals surface area contributed by atoms with Crippen molar-refractivity contribution in [3.63, 3.8) is 0 Å². The van der Waals surface area contributed by atoms with Crippen molar-refractivity contribution in [2.24, 2.45) is 5.92 Å². The van der Waals surface area contributed by atoms with Gasteiger partial charge < -0.3 is 25.0 Å². The first-order valence-corrected chi connectivity index (χ1v) is 12.8. The van der Waals surface area contributed by atoms with Crippen LogP contribution < -0.4 is 15.4 Å². The number of aromatic hydroxyl groups is 1. The molecule has 0 aromatic heterocycles. The summed E-state index contributed by atoms with van der Waals surface area (Å²) in [4.78, 5) is 38.1. The molecule has 1 amide bonds. The summed E-state index contributed by atoms with van der Waals surface area (Å²) in [6.07, 6.45) is 4.67. The van der Waals surface area contributed by atoms with Gasteiger partial charge in [-0.25, -0.2) is 0 Å². The van der Waals surface area contributed by atoms with E-state index in [0.717, 1.165) is 42.5 Å². The molecule has 0 saturated carbocycles. The third-order valence-corrected chi connectivity index (χ3v) is 9.36. The Hall–Kier alpha value is -3.91. The molecule has 1 aliphatic carbocycles. The van der Waals surface area contributed by atoms with Crippen LogP contribution in [0.15, 0.2) is 59.3 Å². The Labute approximate surface area is 214 Å². The molecule has 188 valence electrons. The number of aldehydes is 1. The summed E-state index contributed by atoms with van der Waals surface area (Å²) in [5, 5.41) is 16.9. The summed E-state index contributed by atoms with van der Waals surface area (Å²) in [5.74, 6) is 0.539. The number of phenols is 1. The highest BCUT2D eigenvalue weighted by atomic mass is 16.5. The van der Waals surface area contributed by atoms with Crippen LogP contribution in [0.1, 0.15) is 35.7 Å². The maximum atomic E-state index is 13.8. The van der Waals surface area contributed by atoms with Crippen LogP contribution in [-0.4, -0.2) is 59.8 Å². The number of fused-ring (bicyclic) bond motifs is 3. The molecular weight excluding hydrogens is 470 g/mol. The molecule has 7 rings (SSSR count). The molecule has 4 aliphatic heterocycles. The molecule has 2 fully saturated rings. The summed E-state index contributed by atoms with van der Waals surface area (Å²) in [7, 11) is 0. The predicted octanol–water partition coefficient (Wildman–Crippen LogP) is 3.29. The van der Waals surface area contributed by atoms with Gasteiger partial charge in [-0.15, -0.1) is 0 Å². The van der Waals surface area contributed by atoms with Crippen LogP contribution in [0.25, 0.3) is 0 Å². The topological polar surface area (TPSA) is 105 Å². The first-order chi connectivity index (χ1) is 17.9. The molecule has 8 heteroatoms. The summed E-state index contributed by atoms with van der Waals surface area (Å²) in [6.45, 7) is 3.80. The second-order valence-electron chi connectivity index (χ2n) is 10.9. The highest BCUT2D eigenvalue weighted by Gasteiger charge is 2.69. The third-order valence-electron chi connectivity index (χ3n) is 9.36. The average Bonchev–Trinajstić information content (AvgIpc) is 3.43. The fourth-order valence-corrected chi connectivity index (χ4v) is 7.81. The Balaban J connectivity index is 1.33. The number of hydrogen-bond acceptors (Lipinski definition) is 6. The van der Waals surface area contributed by atoms with E-state index in [2.05, 4.69) is 22.8 Å². The molecule has 4 atom stereocenters. The summed E-state index contributed by atoms with van der Waals surface area (Å²) < 4.78 is 6.08. The normalized spacial score (nSPS) is 31.6. The van der Waals surface area contributed by atoms with Gasteiger partial charge in [-0.2, -0.15) is 0 Å². The van der Waals surface area contributed by atoms with Crippen LogP contribution in [0.2, 0.25) is 0 Å². The fourth-order valence-electron chi connectivity index (χ4n) is 7.81. The number of hydrogen-bond donors (Lipinski definition) is 3. The van der Waals surface area contributed by atoms with E-state index in [4.69, 9.17) is 4.74 Å². The number of carbonyl (C=O) groups excluding carboxylic acids is 3. The number of allylic oxidation sites excluding steroid dienone is 2. The van der Waals surface area contributed by atoms with Crippen molar-refractivity contribution < 1.29 is 28.7 Å². The van der Waals surface area contributed by atoms with E-state index in [1.165, 1.54) is 5.57 Å². The summed E-state index contributed by atoms with van der Waals surface area (Å²) >= 11 is 0. The number of carbonyl (C=O) groups is 3. The van der Waals surface area contributed by atoms with Crippen molar-refractivity contribution in [1.29, 1.82) is 0 Å². The predicted molar refractivity (Wildman–Crippen MR) is 137 cm³/mol. The van der Waals surface area contributed by atoms with Crippen LogP contribution in [0.5, 0.6) is 11.5 Å². The summed E-state index contributed by atoms with van der Waals surface area (Å²) in [5.41, 5.74) is 5.20. The molecule has 1 unspecified atom stereocenters. The fraction of sp³-hybridized carbons (Fsp3) is 0.345. The minimum absolute atomic E-state index is 0.00939. The number of nitrogens with one attached hydrogen (secondary N) is 2. The molecule has 2 saturated heterocycles. The largest absolute Gasteiger partial charge is 0.506 e. The SMILES string of the molecule is C/C=C1/C[N+]2(CC(=O)c3ccc4c(c3)NC(=O)CO4)CC[C@]34C(=C(C=O)[C@H]1C[C@H]32)Nc1c(O)cccc14. The van der Waals surface area contributed by atoms with Gasteiger partial charge in [0.05, 0.1) is 23.3 Å². The van der Waals surface area contributed by atoms with Gasteiger partial charge in [0.2, 0.25) is 5.78 Å². The van der Waals surface area contributed by atoms with Gasteiger partial charge in [-0.1, -0.05) is 18.2 Å². The van der Waals surface area contributed by atoms with E-state index >= 15 is 0 Å². The van der Waals surface area contributed by atoms with Gasteiger partial charge in [0.1, 0.15) is 36.9 Å². The maximum absolute atomic E-state index is 13.8. The maximum Gasteiger partial charge on any atom is 0.262 e. The number of amides is 1. The number of anilines is 2. The van der Waals surface area contributed by atoms with Crippen molar-refractivity contribution >= 4 is 29.4 Å². The van der Waals surface area contributed by atoms with E-state index in [1.807, 2.05) is 13.0 Å². The van der Waals surface area contributed by atoms with E-state index in [9.17, 15) is 19.5 Å². The molecule has 2 bridgehead atoms. The van der Waals surface area contributed by atoms with Crippen LogP contribution in [0, 0.1) is 5.92 Å². The summed E-state index contributed by atoms with van der Waals surface area (Å²) in [6, 6.07) is 10.9. The van der Waals surface area contributed by atoms with E-state index in [-0.39, 0.29) is 36.0 Å². The average molecular weight is 499 g/mol. The molecule has 37 heavy (non-hydrogen) atoms. The quantitative estimate of drug-likeness (QED) is 0.197. The van der Waals surface area contributed by atoms with E-state index < -0.39 is 5.41 Å². The zero-order valence-corrected chi connectivity index (χ0v) is 20.5. The van der Waals surface area contributed by atoms with Crippen molar-refractivity contribution in [1.82, 2.24) is 0 Å². The Kier molecular flexibility index (Phi) is 4.55. The lowest BCUT2D eigenvalue weighted by molar-refractivity contribution is -0.934. The van der Waals surface area contributed by atoms with Gasteiger partial charge in [0.25, 0.3) is 5.91 Å². The number of piperidine rings is 1. The second kappa shape index (κ2) is 7.55. The van der Waals surface area contributed by atoms with Gasteiger partial charge in [0, 0.05) is 35.6 Å². The van der Waals surface area contributed by atoms with Crippen LogP contribution in [-0.2, 0) is 15.0 Å². The minimum Gasteiger partial charge on any atom is -0.506 e. The number of ether oxygens (including phenoxy) is 1. The molecule has 1 spiro atoms. The molecule has 0 radical (unpaired) electrons. The lowest BCUT2D eigenvalue weighted by Gasteiger charge is -2.53. The third kappa shape index (κ3) is 2.84. The van der Waals surface area contributed by atoms with Crippen molar-refractivity contribution in [3.8, 4) is 11.5 Å². The lowest BCUT2D eigenvalue weighted by Crippen LogP contribution is -2.64. The van der Waals surface area contributed by atoms with Crippen LogP contribution in [0.4, 0.5) is 11.4 Å². The number of quaternary nitrogens is 1. The zero-order chi connectivity index (χ0) is 25.5.